The zero-order valence-corrected chi connectivity index (χ0v) is 18.5. The first-order valence-electron chi connectivity index (χ1n) is 10.2. The van der Waals surface area contributed by atoms with Gasteiger partial charge in [0.15, 0.2) is 16.8 Å². The minimum atomic E-state index is -1.56. The average molecular weight is 470 g/mol. The van der Waals surface area contributed by atoms with Gasteiger partial charge in [-0.05, 0) is 19.3 Å². The standard InChI is InChI=1S/C19H21ClFN5O4S/c1-3-4-10-14-9-6-5-8(26(9)19(27)28)7-25(14)16-11-13(22-18(24-16)31(2)29)12(21)15(20)23-17(11)30-10/h8-10,14H,3-7H2,1-2H3,(H,27,28). The Hall–Kier alpha value is -2.11. The van der Waals surface area contributed by atoms with Gasteiger partial charge in [-0.25, -0.2) is 9.18 Å². The number of ether oxygens (including phenoxy) is 1. The number of rotatable bonds is 3. The number of fused-ring (bicyclic) bond motifs is 5. The van der Waals surface area contributed by atoms with Crippen molar-refractivity contribution in [3.05, 3.63) is 11.0 Å². The topological polar surface area (TPSA) is 115 Å². The maximum atomic E-state index is 15.0. The van der Waals surface area contributed by atoms with Crippen LogP contribution in [0.4, 0.5) is 15.0 Å². The molecule has 2 fully saturated rings. The number of hydrogen-bond donors (Lipinski definition) is 1. The summed E-state index contributed by atoms with van der Waals surface area (Å²) in [5, 5.41) is 9.71. The van der Waals surface area contributed by atoms with Crippen LogP contribution in [0, 0.1) is 5.82 Å². The SMILES string of the molecule is CCCC1Oc2nc(Cl)c(F)c3nc([S+](C)[O-])nc(c23)N2CC3CCC(C12)N3C(=O)O. The molecule has 5 rings (SSSR count). The highest BCUT2D eigenvalue weighted by molar-refractivity contribution is 7.90. The quantitative estimate of drug-likeness (QED) is 0.414. The second-order valence-electron chi connectivity index (χ2n) is 8.11. The predicted molar refractivity (Wildman–Crippen MR) is 112 cm³/mol. The van der Waals surface area contributed by atoms with Crippen LogP contribution in [0.3, 0.4) is 0 Å². The van der Waals surface area contributed by atoms with Crippen LogP contribution >= 0.6 is 11.6 Å². The van der Waals surface area contributed by atoms with Crippen LogP contribution in [0.15, 0.2) is 5.16 Å². The van der Waals surface area contributed by atoms with Gasteiger partial charge in [0.1, 0.15) is 23.3 Å². The zero-order valence-electron chi connectivity index (χ0n) is 16.9. The van der Waals surface area contributed by atoms with E-state index in [0.717, 1.165) is 12.8 Å². The number of nitrogens with zero attached hydrogens (tertiary/aromatic N) is 5. The van der Waals surface area contributed by atoms with Crippen LogP contribution in [0.1, 0.15) is 32.6 Å². The van der Waals surface area contributed by atoms with E-state index >= 15 is 0 Å². The van der Waals surface area contributed by atoms with Gasteiger partial charge in [0.25, 0.3) is 0 Å². The van der Waals surface area contributed by atoms with Crippen molar-refractivity contribution >= 4 is 45.6 Å². The Bertz CT molecular complexity index is 1080. The second kappa shape index (κ2) is 7.49. The van der Waals surface area contributed by atoms with E-state index in [0.29, 0.717) is 25.2 Å². The lowest BCUT2D eigenvalue weighted by Crippen LogP contribution is -2.65. The molecule has 1 amide bonds. The van der Waals surface area contributed by atoms with Crippen LogP contribution in [0.25, 0.3) is 10.9 Å². The molecular formula is C19H21ClFN5O4S. The molecule has 9 nitrogen and oxygen atoms in total. The summed E-state index contributed by atoms with van der Waals surface area (Å²) in [6.07, 6.45) is 2.92. The Labute approximate surface area is 185 Å². The molecule has 5 heterocycles. The van der Waals surface area contributed by atoms with Crippen LogP contribution in [0.5, 0.6) is 5.88 Å². The van der Waals surface area contributed by atoms with Gasteiger partial charge in [0, 0.05) is 17.7 Å². The molecular weight excluding hydrogens is 449 g/mol. The smallest absolute Gasteiger partial charge is 0.407 e. The van der Waals surface area contributed by atoms with Crippen molar-refractivity contribution in [1.82, 2.24) is 19.9 Å². The van der Waals surface area contributed by atoms with Crippen LogP contribution in [-0.4, -0.2) is 72.6 Å². The highest BCUT2D eigenvalue weighted by atomic mass is 35.5. The minimum Gasteiger partial charge on any atom is -0.609 e. The molecule has 12 heteroatoms. The molecule has 1 N–H and O–H groups in total. The molecule has 2 bridgehead atoms. The highest BCUT2D eigenvalue weighted by Gasteiger charge is 2.53. The zero-order chi connectivity index (χ0) is 22.0. The normalized spacial score (nSPS) is 27.6. The van der Waals surface area contributed by atoms with Gasteiger partial charge in [-0.2, -0.15) is 15.0 Å². The van der Waals surface area contributed by atoms with E-state index in [2.05, 4.69) is 15.0 Å². The van der Waals surface area contributed by atoms with Crippen molar-refractivity contribution in [2.24, 2.45) is 0 Å². The fourth-order valence-corrected chi connectivity index (χ4v) is 5.78. The molecule has 0 aliphatic carbocycles. The van der Waals surface area contributed by atoms with Gasteiger partial charge in [-0.1, -0.05) is 24.9 Å². The Morgan fingerprint density at radius 1 is 1.39 bits per heavy atom. The lowest BCUT2D eigenvalue weighted by molar-refractivity contribution is 0.0617. The molecule has 2 aromatic rings. The molecule has 0 aromatic carbocycles. The summed E-state index contributed by atoms with van der Waals surface area (Å²) in [6, 6.07) is -0.863. The summed E-state index contributed by atoms with van der Waals surface area (Å²) in [6.45, 7) is 2.39. The van der Waals surface area contributed by atoms with E-state index in [9.17, 15) is 18.8 Å². The van der Waals surface area contributed by atoms with Crippen molar-refractivity contribution in [2.75, 3.05) is 17.7 Å². The van der Waals surface area contributed by atoms with Gasteiger partial charge in [0.05, 0.1) is 18.1 Å². The maximum absolute atomic E-state index is 15.0. The van der Waals surface area contributed by atoms with Crippen molar-refractivity contribution in [2.45, 2.75) is 62.0 Å². The molecule has 3 aliphatic rings. The van der Waals surface area contributed by atoms with E-state index in [4.69, 9.17) is 16.3 Å². The Morgan fingerprint density at radius 2 is 2.16 bits per heavy atom. The third kappa shape index (κ3) is 3.08. The van der Waals surface area contributed by atoms with Crippen LogP contribution in [-0.2, 0) is 11.2 Å². The fraction of sp³-hybridized carbons (Fsp3) is 0.579. The monoisotopic (exact) mass is 469 g/mol. The predicted octanol–water partition coefficient (Wildman–Crippen LogP) is 2.82. The number of amides is 1. The number of pyridine rings is 1. The van der Waals surface area contributed by atoms with Crippen molar-refractivity contribution < 1.29 is 23.6 Å². The van der Waals surface area contributed by atoms with Gasteiger partial charge < -0.3 is 19.3 Å². The van der Waals surface area contributed by atoms with Gasteiger partial charge in [-0.15, -0.1) is 0 Å². The van der Waals surface area contributed by atoms with E-state index in [1.165, 1.54) is 11.2 Å². The second-order valence-corrected chi connectivity index (χ2v) is 9.74. The van der Waals surface area contributed by atoms with Gasteiger partial charge in [0.2, 0.25) is 5.88 Å². The van der Waals surface area contributed by atoms with E-state index in [-0.39, 0.29) is 45.2 Å². The Morgan fingerprint density at radius 3 is 2.84 bits per heavy atom. The Balaban J connectivity index is 1.77. The molecule has 166 valence electrons. The minimum absolute atomic E-state index is 0.0182. The number of anilines is 1. The number of aromatic nitrogens is 3. The lowest BCUT2D eigenvalue weighted by atomic mass is 9.94. The lowest BCUT2D eigenvalue weighted by Gasteiger charge is -2.47. The summed E-state index contributed by atoms with van der Waals surface area (Å²) in [4.78, 5) is 28.3. The summed E-state index contributed by atoms with van der Waals surface area (Å²) in [7, 11) is 0. The van der Waals surface area contributed by atoms with Crippen LogP contribution < -0.4 is 9.64 Å². The number of carbonyl (C=O) groups is 1. The molecule has 31 heavy (non-hydrogen) atoms. The first-order chi connectivity index (χ1) is 14.8. The van der Waals surface area contributed by atoms with Crippen LogP contribution in [0.2, 0.25) is 5.15 Å². The molecule has 3 aliphatic heterocycles. The van der Waals surface area contributed by atoms with E-state index < -0.39 is 29.2 Å². The fourth-order valence-electron chi connectivity index (χ4n) is 5.18. The largest absolute Gasteiger partial charge is 0.609 e. The van der Waals surface area contributed by atoms with Crippen molar-refractivity contribution in [1.29, 1.82) is 0 Å². The molecule has 2 aromatic heterocycles. The summed E-state index contributed by atoms with van der Waals surface area (Å²) < 4.78 is 33.5. The molecule has 5 atom stereocenters. The van der Waals surface area contributed by atoms with Crippen molar-refractivity contribution in [3.63, 3.8) is 0 Å². The molecule has 0 spiro atoms. The number of halogens is 2. The molecule has 5 unspecified atom stereocenters. The van der Waals surface area contributed by atoms with Gasteiger partial charge >= 0.3 is 11.2 Å². The number of carboxylic acid groups (broad SMARTS) is 1. The maximum Gasteiger partial charge on any atom is 0.407 e. The summed E-state index contributed by atoms with van der Waals surface area (Å²) in [5.41, 5.74) is -0.0888. The Kier molecular flexibility index (Phi) is 5.02. The van der Waals surface area contributed by atoms with E-state index in [1.807, 2.05) is 11.8 Å². The van der Waals surface area contributed by atoms with Crippen molar-refractivity contribution in [3.8, 4) is 5.88 Å². The summed E-state index contributed by atoms with van der Waals surface area (Å²) >= 11 is 4.47. The van der Waals surface area contributed by atoms with E-state index in [1.54, 1.807) is 0 Å². The summed E-state index contributed by atoms with van der Waals surface area (Å²) in [5.74, 6) is -0.328. The first-order valence-corrected chi connectivity index (χ1v) is 12.1. The number of hydrogen-bond acceptors (Lipinski definition) is 7. The third-order valence-electron chi connectivity index (χ3n) is 6.35. The molecule has 2 saturated heterocycles. The highest BCUT2D eigenvalue weighted by Crippen LogP contribution is 2.46. The molecule has 0 saturated carbocycles. The first kappa shape index (κ1) is 20.8. The molecule has 0 radical (unpaired) electrons. The van der Waals surface area contributed by atoms with Gasteiger partial charge in [-0.3, -0.25) is 4.90 Å². The number of piperazine rings is 1. The third-order valence-corrected chi connectivity index (χ3v) is 7.29. The average Bonchev–Trinajstić information content (AvgIpc) is 2.97.